The molecule has 3 aromatic rings. The summed E-state index contributed by atoms with van der Waals surface area (Å²) in [6.07, 6.45) is 1.74. The molecule has 1 saturated heterocycles. The second-order valence-corrected chi connectivity index (χ2v) is 10.7. The lowest BCUT2D eigenvalue weighted by atomic mass is 10.0. The third kappa shape index (κ3) is 6.35. The van der Waals surface area contributed by atoms with Crippen molar-refractivity contribution in [3.05, 3.63) is 72.1 Å². The van der Waals surface area contributed by atoms with Crippen molar-refractivity contribution in [3.63, 3.8) is 0 Å². The van der Waals surface area contributed by atoms with Gasteiger partial charge in [-0.25, -0.2) is 13.1 Å². The number of ether oxygens (including phenoxy) is 2. The molecule has 10 nitrogen and oxygen atoms in total. The van der Waals surface area contributed by atoms with Crippen LogP contribution < -0.4 is 0 Å². The Hall–Kier alpha value is -3.12. The molecule has 0 aliphatic carbocycles. The molecular weight excluding hydrogens is 482 g/mol. The maximum atomic E-state index is 13.3. The molecule has 4 rings (SSSR count). The van der Waals surface area contributed by atoms with Crippen molar-refractivity contribution in [2.75, 3.05) is 32.8 Å². The molecule has 1 fully saturated rings. The summed E-state index contributed by atoms with van der Waals surface area (Å²) >= 11 is 0. The van der Waals surface area contributed by atoms with Crippen molar-refractivity contribution in [1.82, 2.24) is 24.2 Å². The lowest BCUT2D eigenvalue weighted by Gasteiger charge is -2.26. The second-order valence-electron chi connectivity index (χ2n) is 8.65. The third-order valence-electron chi connectivity index (χ3n) is 6.08. The van der Waals surface area contributed by atoms with E-state index in [4.69, 9.17) is 9.47 Å². The fourth-order valence-electron chi connectivity index (χ4n) is 4.10. The Bertz CT molecular complexity index is 1250. The summed E-state index contributed by atoms with van der Waals surface area (Å²) in [6.45, 7) is 3.16. The molecule has 0 spiro atoms. The molecule has 1 aliphatic heterocycles. The molecule has 36 heavy (non-hydrogen) atoms. The first-order valence-corrected chi connectivity index (χ1v) is 13.4. The number of benzene rings is 2. The molecule has 1 aliphatic rings. The predicted octanol–water partition coefficient (Wildman–Crippen LogP) is 2.13. The Kier molecular flexibility index (Phi) is 8.47. The minimum absolute atomic E-state index is 0.0960. The van der Waals surface area contributed by atoms with Gasteiger partial charge in [0.2, 0.25) is 15.9 Å². The van der Waals surface area contributed by atoms with Crippen molar-refractivity contribution < 1.29 is 22.7 Å². The minimum Gasteiger partial charge on any atom is -0.359 e. The van der Waals surface area contributed by atoms with Gasteiger partial charge in [-0.05, 0) is 23.6 Å². The third-order valence-corrected chi connectivity index (χ3v) is 7.94. The van der Waals surface area contributed by atoms with Crippen LogP contribution in [0.5, 0.6) is 0 Å². The van der Waals surface area contributed by atoms with Gasteiger partial charge in [0.1, 0.15) is 18.5 Å². The summed E-state index contributed by atoms with van der Waals surface area (Å²) in [7, 11) is -2.09. The number of methoxy groups -OCH3 is 1. The van der Waals surface area contributed by atoms with Gasteiger partial charge in [0.15, 0.2) is 0 Å². The number of rotatable bonds is 10. The van der Waals surface area contributed by atoms with E-state index in [2.05, 4.69) is 10.3 Å². The van der Waals surface area contributed by atoms with Gasteiger partial charge in [-0.3, -0.25) is 4.79 Å². The molecule has 0 radical (unpaired) electrons. The number of nitrogens with zero attached hydrogens (tertiary/aromatic N) is 5. The summed E-state index contributed by atoms with van der Waals surface area (Å²) in [5.74, 6) is -0.403. The molecule has 0 N–H and O–H groups in total. The van der Waals surface area contributed by atoms with Crippen molar-refractivity contribution in [2.24, 2.45) is 0 Å². The van der Waals surface area contributed by atoms with Crippen LogP contribution in [0.1, 0.15) is 18.2 Å². The molecular formula is C25H31N5O5S. The van der Waals surface area contributed by atoms with Crippen LogP contribution in [0.25, 0.3) is 11.1 Å². The standard InChI is InChI=1S/C25H31N5O5S/c1-20-25(31)28(17-24-18-29(27-26-24)12-14-35-19-34-2)13-15-36(32,33)30(20)16-21-8-10-23(11-9-21)22-6-4-3-5-7-22/h3-11,18,20H,12-17,19H2,1-2H3. The average Bonchev–Trinajstić information content (AvgIpc) is 3.32. The second kappa shape index (κ2) is 11.7. The predicted molar refractivity (Wildman–Crippen MR) is 134 cm³/mol. The molecule has 2 heterocycles. The molecule has 0 bridgehead atoms. The number of amides is 1. The van der Waals surface area contributed by atoms with Gasteiger partial charge in [0.05, 0.1) is 31.6 Å². The summed E-state index contributed by atoms with van der Waals surface area (Å²) in [5, 5.41) is 8.18. The van der Waals surface area contributed by atoms with E-state index in [0.29, 0.717) is 18.8 Å². The fourth-order valence-corrected chi connectivity index (χ4v) is 5.71. The first-order valence-electron chi connectivity index (χ1n) is 11.8. The van der Waals surface area contributed by atoms with Crippen molar-refractivity contribution >= 4 is 15.9 Å². The zero-order valence-corrected chi connectivity index (χ0v) is 21.3. The van der Waals surface area contributed by atoms with E-state index in [-0.39, 0.29) is 38.1 Å². The van der Waals surface area contributed by atoms with E-state index in [1.54, 1.807) is 24.9 Å². The van der Waals surface area contributed by atoms with Crippen LogP contribution in [-0.4, -0.2) is 77.4 Å². The lowest BCUT2D eigenvalue weighted by molar-refractivity contribution is -0.134. The first kappa shape index (κ1) is 26.0. The Morgan fingerprint density at radius 3 is 2.47 bits per heavy atom. The van der Waals surface area contributed by atoms with Crippen LogP contribution in [0.2, 0.25) is 0 Å². The minimum atomic E-state index is -3.64. The summed E-state index contributed by atoms with van der Waals surface area (Å²) in [6, 6.07) is 16.9. The zero-order valence-electron chi connectivity index (χ0n) is 20.5. The first-order chi connectivity index (χ1) is 17.4. The summed E-state index contributed by atoms with van der Waals surface area (Å²) in [4.78, 5) is 14.8. The van der Waals surface area contributed by atoms with E-state index in [1.807, 2.05) is 54.6 Å². The molecule has 2 aromatic carbocycles. The number of carbonyl (C=O) groups excluding carboxylic acids is 1. The SMILES string of the molecule is COCOCCn1cc(CN2CCS(=O)(=O)N(Cc3ccc(-c4ccccc4)cc3)C(C)C2=O)nn1. The highest BCUT2D eigenvalue weighted by molar-refractivity contribution is 7.89. The summed E-state index contributed by atoms with van der Waals surface area (Å²) in [5.41, 5.74) is 3.55. The van der Waals surface area contributed by atoms with Gasteiger partial charge in [-0.2, -0.15) is 4.31 Å². The topological polar surface area (TPSA) is 107 Å². The molecule has 1 amide bonds. The molecule has 1 unspecified atom stereocenters. The van der Waals surface area contributed by atoms with E-state index in [1.165, 1.54) is 9.21 Å². The Morgan fingerprint density at radius 2 is 1.75 bits per heavy atom. The van der Waals surface area contributed by atoms with E-state index >= 15 is 0 Å². The summed E-state index contributed by atoms with van der Waals surface area (Å²) < 4.78 is 39.3. The number of aromatic nitrogens is 3. The monoisotopic (exact) mass is 513 g/mol. The number of hydrogen-bond acceptors (Lipinski definition) is 7. The highest BCUT2D eigenvalue weighted by atomic mass is 32.2. The number of carbonyl (C=O) groups is 1. The van der Waals surface area contributed by atoms with Gasteiger partial charge in [0.25, 0.3) is 0 Å². The smallest absolute Gasteiger partial charge is 0.241 e. The van der Waals surface area contributed by atoms with Crippen LogP contribution >= 0.6 is 0 Å². The van der Waals surface area contributed by atoms with Gasteiger partial charge in [0, 0.05) is 20.2 Å². The molecule has 1 aromatic heterocycles. The van der Waals surface area contributed by atoms with Crippen LogP contribution in [0.15, 0.2) is 60.8 Å². The van der Waals surface area contributed by atoms with E-state index < -0.39 is 16.1 Å². The van der Waals surface area contributed by atoms with E-state index in [9.17, 15) is 13.2 Å². The number of sulfonamides is 1. The maximum Gasteiger partial charge on any atom is 0.241 e. The Balaban J connectivity index is 1.42. The van der Waals surface area contributed by atoms with Crippen LogP contribution in [-0.2, 0) is 43.9 Å². The van der Waals surface area contributed by atoms with Crippen molar-refractivity contribution in [2.45, 2.75) is 32.6 Å². The van der Waals surface area contributed by atoms with Gasteiger partial charge < -0.3 is 14.4 Å². The quantitative estimate of drug-likeness (QED) is 0.302. The van der Waals surface area contributed by atoms with Crippen LogP contribution in [0.3, 0.4) is 0 Å². The van der Waals surface area contributed by atoms with Crippen LogP contribution in [0.4, 0.5) is 0 Å². The Labute approximate surface area is 211 Å². The molecule has 0 saturated carbocycles. The van der Waals surface area contributed by atoms with Crippen LogP contribution in [0, 0.1) is 0 Å². The largest absolute Gasteiger partial charge is 0.359 e. The molecule has 192 valence electrons. The number of hydrogen-bond donors (Lipinski definition) is 0. The highest BCUT2D eigenvalue weighted by Crippen LogP contribution is 2.23. The molecule has 11 heteroatoms. The molecule has 1 atom stereocenters. The van der Waals surface area contributed by atoms with Gasteiger partial charge >= 0.3 is 0 Å². The average molecular weight is 514 g/mol. The van der Waals surface area contributed by atoms with Crippen molar-refractivity contribution in [3.8, 4) is 11.1 Å². The normalized spacial score (nSPS) is 18.3. The maximum absolute atomic E-state index is 13.3. The van der Waals surface area contributed by atoms with Crippen molar-refractivity contribution in [1.29, 1.82) is 0 Å². The Morgan fingerprint density at radius 1 is 1.03 bits per heavy atom. The highest BCUT2D eigenvalue weighted by Gasteiger charge is 2.38. The van der Waals surface area contributed by atoms with E-state index in [0.717, 1.165) is 16.7 Å². The van der Waals surface area contributed by atoms with Gasteiger partial charge in [-0.1, -0.05) is 59.8 Å². The fraction of sp³-hybridized carbons (Fsp3) is 0.400. The zero-order chi connectivity index (χ0) is 25.5. The van der Waals surface area contributed by atoms with Gasteiger partial charge in [-0.15, -0.1) is 5.10 Å². The lowest BCUT2D eigenvalue weighted by Crippen LogP contribution is -2.45.